The number of rotatable bonds is 16. The highest BCUT2D eigenvalue weighted by Crippen LogP contribution is 2.11. The Kier molecular flexibility index (Phi) is 15.2. The summed E-state index contributed by atoms with van der Waals surface area (Å²) in [5.41, 5.74) is 0. The lowest BCUT2D eigenvalue weighted by Gasteiger charge is -2.05. The maximum Gasteiger partial charge on any atom is 0.322 e. The van der Waals surface area contributed by atoms with Crippen molar-refractivity contribution in [1.82, 2.24) is 10.6 Å². The first kappa shape index (κ1) is 22.4. The number of carbonyl (C=O) groups is 3. The van der Waals surface area contributed by atoms with E-state index in [4.69, 9.17) is 5.11 Å². The molecule has 0 radical (unpaired) electrons. The molecule has 0 spiro atoms. The van der Waals surface area contributed by atoms with Crippen LogP contribution in [0.25, 0.3) is 0 Å². The Labute approximate surface area is 145 Å². The van der Waals surface area contributed by atoms with E-state index in [1.165, 1.54) is 51.4 Å². The number of unbranched alkanes of at least 4 members (excludes halogenated alkanes) is 10. The predicted molar refractivity (Wildman–Crippen MR) is 94.7 cm³/mol. The van der Waals surface area contributed by atoms with Crippen LogP contribution in [-0.4, -0.2) is 36.0 Å². The Morgan fingerprint density at radius 2 is 1.12 bits per heavy atom. The molecule has 6 nitrogen and oxygen atoms in total. The zero-order valence-corrected chi connectivity index (χ0v) is 15.1. The van der Waals surface area contributed by atoms with Gasteiger partial charge in [0.15, 0.2) is 0 Å². The Balaban J connectivity index is 3.31. The molecular formula is C18H34N2O4. The minimum absolute atomic E-state index is 0.156. The van der Waals surface area contributed by atoms with Crippen molar-refractivity contribution in [1.29, 1.82) is 0 Å². The lowest BCUT2D eigenvalue weighted by molar-refractivity contribution is -0.137. The van der Waals surface area contributed by atoms with Gasteiger partial charge < -0.3 is 15.7 Å². The van der Waals surface area contributed by atoms with Crippen LogP contribution in [-0.2, 0) is 14.4 Å². The van der Waals surface area contributed by atoms with Crippen molar-refractivity contribution in [3.8, 4) is 0 Å². The standard InChI is InChI=1S/C18H34N2O4/c1-2-3-4-5-6-7-8-9-10-11-12-13-16(21)19-14-17(22)20-15-18(23)24/h2-15H2,1H3,(H,19,21)(H,20,22)(H,23,24). The molecule has 24 heavy (non-hydrogen) atoms. The van der Waals surface area contributed by atoms with E-state index in [1.54, 1.807) is 0 Å². The third kappa shape index (κ3) is 16.8. The normalized spacial score (nSPS) is 10.4. The average Bonchev–Trinajstić information content (AvgIpc) is 2.56. The van der Waals surface area contributed by atoms with Crippen LogP contribution in [0.1, 0.15) is 84.0 Å². The summed E-state index contributed by atoms with van der Waals surface area (Å²) in [4.78, 5) is 33.0. The molecule has 0 fully saturated rings. The van der Waals surface area contributed by atoms with E-state index in [9.17, 15) is 14.4 Å². The van der Waals surface area contributed by atoms with Crippen LogP contribution in [0.3, 0.4) is 0 Å². The third-order valence-corrected chi connectivity index (χ3v) is 3.89. The fourth-order valence-corrected chi connectivity index (χ4v) is 2.45. The first-order valence-corrected chi connectivity index (χ1v) is 9.31. The van der Waals surface area contributed by atoms with Gasteiger partial charge in [-0.05, 0) is 6.42 Å². The van der Waals surface area contributed by atoms with E-state index in [1.807, 2.05) is 0 Å². The molecule has 140 valence electrons. The molecule has 0 saturated heterocycles. The molecule has 0 aliphatic heterocycles. The highest BCUT2D eigenvalue weighted by molar-refractivity contribution is 5.86. The molecular weight excluding hydrogens is 308 g/mol. The van der Waals surface area contributed by atoms with E-state index in [0.717, 1.165) is 19.3 Å². The topological polar surface area (TPSA) is 95.5 Å². The molecule has 0 aliphatic carbocycles. The fraction of sp³-hybridized carbons (Fsp3) is 0.833. The lowest BCUT2D eigenvalue weighted by Crippen LogP contribution is -2.38. The van der Waals surface area contributed by atoms with E-state index in [0.29, 0.717) is 6.42 Å². The van der Waals surface area contributed by atoms with Gasteiger partial charge >= 0.3 is 5.97 Å². The smallest absolute Gasteiger partial charge is 0.322 e. The van der Waals surface area contributed by atoms with Crippen molar-refractivity contribution in [2.75, 3.05) is 13.1 Å². The molecule has 0 heterocycles. The Hall–Kier alpha value is -1.59. The van der Waals surface area contributed by atoms with Crippen LogP contribution in [0.5, 0.6) is 0 Å². The van der Waals surface area contributed by atoms with Gasteiger partial charge in [0.25, 0.3) is 0 Å². The molecule has 0 aromatic rings. The van der Waals surface area contributed by atoms with E-state index in [-0.39, 0.29) is 12.5 Å². The van der Waals surface area contributed by atoms with Gasteiger partial charge in [-0.15, -0.1) is 0 Å². The maximum absolute atomic E-state index is 11.5. The average molecular weight is 342 g/mol. The molecule has 6 heteroatoms. The second-order valence-corrected chi connectivity index (χ2v) is 6.23. The zero-order chi connectivity index (χ0) is 18.0. The van der Waals surface area contributed by atoms with Gasteiger partial charge in [0.05, 0.1) is 6.54 Å². The van der Waals surface area contributed by atoms with Crippen molar-refractivity contribution < 1.29 is 19.5 Å². The third-order valence-electron chi connectivity index (χ3n) is 3.89. The fourth-order valence-electron chi connectivity index (χ4n) is 2.45. The predicted octanol–water partition coefficient (Wildman–Crippen LogP) is 3.00. The van der Waals surface area contributed by atoms with Gasteiger partial charge in [-0.3, -0.25) is 14.4 Å². The van der Waals surface area contributed by atoms with E-state index < -0.39 is 18.4 Å². The molecule has 0 bridgehead atoms. The summed E-state index contributed by atoms with van der Waals surface area (Å²) >= 11 is 0. The largest absolute Gasteiger partial charge is 0.480 e. The molecule has 2 amide bonds. The molecule has 0 aromatic heterocycles. The van der Waals surface area contributed by atoms with E-state index in [2.05, 4.69) is 17.6 Å². The number of nitrogens with one attached hydrogen (secondary N) is 2. The Bertz CT molecular complexity index is 359. The number of carboxylic acid groups (broad SMARTS) is 1. The van der Waals surface area contributed by atoms with Crippen molar-refractivity contribution in [2.45, 2.75) is 84.0 Å². The summed E-state index contributed by atoms with van der Waals surface area (Å²) in [5, 5.41) is 13.1. The van der Waals surface area contributed by atoms with Crippen molar-refractivity contribution in [3.05, 3.63) is 0 Å². The van der Waals surface area contributed by atoms with Gasteiger partial charge in [-0.2, -0.15) is 0 Å². The Morgan fingerprint density at radius 1 is 0.667 bits per heavy atom. The van der Waals surface area contributed by atoms with Gasteiger partial charge in [-0.1, -0.05) is 71.1 Å². The van der Waals surface area contributed by atoms with Crippen LogP contribution < -0.4 is 10.6 Å². The minimum atomic E-state index is -1.10. The summed E-state index contributed by atoms with van der Waals surface area (Å²) in [5.74, 6) is -1.74. The van der Waals surface area contributed by atoms with Crippen molar-refractivity contribution in [2.24, 2.45) is 0 Å². The van der Waals surface area contributed by atoms with Gasteiger partial charge in [0.1, 0.15) is 6.54 Å². The molecule has 0 rings (SSSR count). The van der Waals surface area contributed by atoms with Crippen LogP contribution in [0.15, 0.2) is 0 Å². The van der Waals surface area contributed by atoms with E-state index >= 15 is 0 Å². The lowest BCUT2D eigenvalue weighted by atomic mass is 10.1. The monoisotopic (exact) mass is 342 g/mol. The summed E-state index contributed by atoms with van der Waals surface area (Å²) < 4.78 is 0. The van der Waals surface area contributed by atoms with Crippen LogP contribution in [0.4, 0.5) is 0 Å². The van der Waals surface area contributed by atoms with Gasteiger partial charge in [0.2, 0.25) is 11.8 Å². The first-order chi connectivity index (χ1) is 11.6. The number of carbonyl (C=O) groups excluding carboxylic acids is 2. The number of amides is 2. The summed E-state index contributed by atoms with van der Waals surface area (Å²) in [6.45, 7) is 1.64. The van der Waals surface area contributed by atoms with Crippen LogP contribution in [0, 0.1) is 0 Å². The summed E-state index contributed by atoms with van der Waals surface area (Å²) in [6.07, 6.45) is 14.0. The number of aliphatic carboxylic acids is 1. The number of carboxylic acids is 1. The van der Waals surface area contributed by atoms with Gasteiger partial charge in [-0.25, -0.2) is 0 Å². The molecule has 0 aromatic carbocycles. The highest BCUT2D eigenvalue weighted by Gasteiger charge is 2.06. The number of hydrogen-bond donors (Lipinski definition) is 3. The van der Waals surface area contributed by atoms with Crippen LogP contribution in [0.2, 0.25) is 0 Å². The van der Waals surface area contributed by atoms with Gasteiger partial charge in [0, 0.05) is 6.42 Å². The molecule has 3 N–H and O–H groups in total. The molecule has 0 saturated carbocycles. The zero-order valence-electron chi connectivity index (χ0n) is 15.1. The first-order valence-electron chi connectivity index (χ1n) is 9.31. The summed E-state index contributed by atoms with van der Waals surface area (Å²) in [7, 11) is 0. The quantitative estimate of drug-likeness (QED) is 0.376. The maximum atomic E-state index is 11.5. The molecule has 0 atom stereocenters. The second-order valence-electron chi connectivity index (χ2n) is 6.23. The SMILES string of the molecule is CCCCCCCCCCCCCC(=O)NCC(=O)NCC(=O)O. The Morgan fingerprint density at radius 3 is 1.62 bits per heavy atom. The van der Waals surface area contributed by atoms with Crippen molar-refractivity contribution in [3.63, 3.8) is 0 Å². The van der Waals surface area contributed by atoms with Crippen LogP contribution >= 0.6 is 0 Å². The second kappa shape index (κ2) is 16.3. The molecule has 0 aliphatic rings. The van der Waals surface area contributed by atoms with Crippen molar-refractivity contribution >= 4 is 17.8 Å². The number of hydrogen-bond acceptors (Lipinski definition) is 3. The highest BCUT2D eigenvalue weighted by atomic mass is 16.4. The molecule has 0 unspecified atom stereocenters. The minimum Gasteiger partial charge on any atom is -0.480 e. The summed E-state index contributed by atoms with van der Waals surface area (Å²) in [6, 6.07) is 0.